The fourth-order valence-corrected chi connectivity index (χ4v) is 1.67. The van der Waals surface area contributed by atoms with E-state index in [0.717, 1.165) is 44.1 Å². The van der Waals surface area contributed by atoms with Gasteiger partial charge in [0.25, 0.3) is 0 Å². The first-order valence-electron chi connectivity index (χ1n) is 5.64. The summed E-state index contributed by atoms with van der Waals surface area (Å²) in [5.74, 6) is 1.06. The summed E-state index contributed by atoms with van der Waals surface area (Å²) in [6.07, 6.45) is 4.25. The van der Waals surface area contributed by atoms with E-state index in [1.807, 2.05) is 6.92 Å². The lowest BCUT2D eigenvalue weighted by molar-refractivity contribution is 0.656. The predicted molar refractivity (Wildman–Crippen MR) is 64.2 cm³/mol. The molecule has 1 heterocycles. The summed E-state index contributed by atoms with van der Waals surface area (Å²) in [5, 5.41) is 0. The number of imidazole rings is 1. The molecule has 0 amide bonds. The van der Waals surface area contributed by atoms with Crippen LogP contribution in [0, 0.1) is 6.92 Å². The minimum Gasteiger partial charge on any atom is -0.345 e. The summed E-state index contributed by atoms with van der Waals surface area (Å²) in [4.78, 5) is 6.71. The van der Waals surface area contributed by atoms with E-state index in [2.05, 4.69) is 34.6 Å². The Hall–Kier alpha value is -1.03. The zero-order valence-electron chi connectivity index (χ0n) is 10.0. The van der Waals surface area contributed by atoms with E-state index in [9.17, 15) is 0 Å². The zero-order valence-corrected chi connectivity index (χ0v) is 10.0. The van der Waals surface area contributed by atoms with Crippen LogP contribution in [0.1, 0.15) is 25.5 Å². The van der Waals surface area contributed by atoms with Crippen molar-refractivity contribution in [3.05, 3.63) is 11.9 Å². The Morgan fingerprint density at radius 3 is 2.87 bits per heavy atom. The van der Waals surface area contributed by atoms with Crippen molar-refractivity contribution in [2.45, 2.75) is 33.2 Å². The van der Waals surface area contributed by atoms with Crippen molar-refractivity contribution in [1.82, 2.24) is 9.55 Å². The first-order valence-corrected chi connectivity index (χ1v) is 5.64. The molecule has 0 spiro atoms. The molecule has 1 aromatic rings. The van der Waals surface area contributed by atoms with E-state index in [-0.39, 0.29) is 0 Å². The molecule has 4 nitrogen and oxygen atoms in total. The predicted octanol–water partition coefficient (Wildman–Crippen LogP) is 1.39. The van der Waals surface area contributed by atoms with E-state index in [1.54, 1.807) is 0 Å². The van der Waals surface area contributed by atoms with Crippen molar-refractivity contribution in [3.63, 3.8) is 0 Å². The average molecular weight is 210 g/mol. The van der Waals surface area contributed by atoms with Crippen LogP contribution in [0.25, 0.3) is 0 Å². The number of nitrogens with zero attached hydrogens (tertiary/aromatic N) is 3. The Kier molecular flexibility index (Phi) is 4.62. The third-order valence-corrected chi connectivity index (χ3v) is 2.38. The Morgan fingerprint density at radius 2 is 2.27 bits per heavy atom. The molecule has 0 atom stereocenters. The molecule has 0 fully saturated rings. The van der Waals surface area contributed by atoms with Gasteiger partial charge in [-0.25, -0.2) is 4.98 Å². The van der Waals surface area contributed by atoms with Gasteiger partial charge in [0, 0.05) is 26.3 Å². The van der Waals surface area contributed by atoms with Crippen molar-refractivity contribution >= 4 is 5.95 Å². The molecule has 1 aromatic heterocycles. The van der Waals surface area contributed by atoms with Gasteiger partial charge in [0.1, 0.15) is 0 Å². The molecule has 0 bridgehead atoms. The molecule has 4 heteroatoms. The molecule has 0 aliphatic heterocycles. The molecule has 0 aliphatic rings. The standard InChI is InChI=1S/C11H22N4/c1-4-7-15-9-10(2)13-11(15)14(3)8-5-6-12/h9H,4-8,12H2,1-3H3. The van der Waals surface area contributed by atoms with Crippen LogP contribution in [0.4, 0.5) is 5.95 Å². The maximum absolute atomic E-state index is 5.50. The van der Waals surface area contributed by atoms with Crippen LogP contribution < -0.4 is 10.6 Å². The van der Waals surface area contributed by atoms with Crippen molar-refractivity contribution in [2.24, 2.45) is 5.73 Å². The van der Waals surface area contributed by atoms with Gasteiger partial charge in [-0.3, -0.25) is 0 Å². The molecule has 0 unspecified atom stereocenters. The highest BCUT2D eigenvalue weighted by Gasteiger charge is 2.09. The van der Waals surface area contributed by atoms with Crippen LogP contribution in [0.2, 0.25) is 0 Å². The Labute approximate surface area is 92.1 Å². The fourth-order valence-electron chi connectivity index (χ4n) is 1.67. The monoisotopic (exact) mass is 210 g/mol. The quantitative estimate of drug-likeness (QED) is 0.771. The van der Waals surface area contributed by atoms with Crippen LogP contribution in [0.15, 0.2) is 6.20 Å². The topological polar surface area (TPSA) is 47.1 Å². The van der Waals surface area contributed by atoms with Crippen LogP contribution >= 0.6 is 0 Å². The second kappa shape index (κ2) is 5.75. The largest absolute Gasteiger partial charge is 0.345 e. The van der Waals surface area contributed by atoms with Crippen LogP contribution in [0.5, 0.6) is 0 Å². The summed E-state index contributed by atoms with van der Waals surface area (Å²) in [6, 6.07) is 0. The van der Waals surface area contributed by atoms with Gasteiger partial charge in [-0.05, 0) is 26.3 Å². The Morgan fingerprint density at radius 1 is 1.53 bits per heavy atom. The lowest BCUT2D eigenvalue weighted by atomic mass is 10.4. The number of anilines is 1. The SMILES string of the molecule is CCCn1cc(C)nc1N(C)CCCN. The number of hydrogen-bond donors (Lipinski definition) is 1. The third kappa shape index (κ3) is 3.23. The van der Waals surface area contributed by atoms with Gasteiger partial charge in [-0.15, -0.1) is 0 Å². The van der Waals surface area contributed by atoms with Crippen LogP contribution in [-0.2, 0) is 6.54 Å². The molecule has 0 aliphatic carbocycles. The maximum Gasteiger partial charge on any atom is 0.205 e. The van der Waals surface area contributed by atoms with E-state index in [0.29, 0.717) is 0 Å². The second-order valence-corrected chi connectivity index (χ2v) is 3.94. The minimum absolute atomic E-state index is 0.734. The first-order chi connectivity index (χ1) is 7.19. The van der Waals surface area contributed by atoms with Gasteiger partial charge in [0.15, 0.2) is 0 Å². The molecule has 0 aromatic carbocycles. The minimum atomic E-state index is 0.734. The highest BCUT2D eigenvalue weighted by molar-refractivity contribution is 5.31. The third-order valence-electron chi connectivity index (χ3n) is 2.38. The number of aromatic nitrogens is 2. The van der Waals surface area contributed by atoms with Crippen LogP contribution in [-0.4, -0.2) is 29.7 Å². The second-order valence-electron chi connectivity index (χ2n) is 3.94. The van der Waals surface area contributed by atoms with Crippen LogP contribution in [0.3, 0.4) is 0 Å². The molecule has 0 radical (unpaired) electrons. The number of rotatable bonds is 6. The van der Waals surface area contributed by atoms with Gasteiger partial charge in [-0.2, -0.15) is 0 Å². The lowest BCUT2D eigenvalue weighted by Crippen LogP contribution is -2.24. The van der Waals surface area contributed by atoms with Gasteiger partial charge >= 0.3 is 0 Å². The normalized spacial score (nSPS) is 10.7. The van der Waals surface area contributed by atoms with Crippen molar-refractivity contribution in [1.29, 1.82) is 0 Å². The molecule has 86 valence electrons. The zero-order chi connectivity index (χ0) is 11.3. The molecule has 2 N–H and O–H groups in total. The molecular weight excluding hydrogens is 188 g/mol. The maximum atomic E-state index is 5.50. The molecular formula is C11H22N4. The Balaban J connectivity index is 2.72. The summed E-state index contributed by atoms with van der Waals surface area (Å²) in [6.45, 7) is 6.95. The summed E-state index contributed by atoms with van der Waals surface area (Å²) in [7, 11) is 2.07. The van der Waals surface area contributed by atoms with Crippen molar-refractivity contribution in [2.75, 3.05) is 25.0 Å². The molecule has 1 rings (SSSR count). The van der Waals surface area contributed by atoms with E-state index >= 15 is 0 Å². The van der Waals surface area contributed by atoms with Gasteiger partial charge < -0.3 is 15.2 Å². The summed E-state index contributed by atoms with van der Waals surface area (Å²) < 4.78 is 2.21. The van der Waals surface area contributed by atoms with Gasteiger partial charge in [0.2, 0.25) is 5.95 Å². The molecule has 0 saturated carbocycles. The number of nitrogens with two attached hydrogens (primary N) is 1. The van der Waals surface area contributed by atoms with Crippen molar-refractivity contribution in [3.8, 4) is 0 Å². The lowest BCUT2D eigenvalue weighted by Gasteiger charge is -2.18. The smallest absolute Gasteiger partial charge is 0.205 e. The highest BCUT2D eigenvalue weighted by Crippen LogP contribution is 2.13. The van der Waals surface area contributed by atoms with Gasteiger partial charge in [0.05, 0.1) is 5.69 Å². The molecule has 0 saturated heterocycles. The Bertz CT molecular complexity index is 293. The van der Waals surface area contributed by atoms with E-state index < -0.39 is 0 Å². The number of aryl methyl sites for hydroxylation is 2. The van der Waals surface area contributed by atoms with Gasteiger partial charge in [-0.1, -0.05) is 6.92 Å². The molecule has 15 heavy (non-hydrogen) atoms. The average Bonchev–Trinajstić information content (AvgIpc) is 2.57. The fraction of sp³-hybridized carbons (Fsp3) is 0.727. The number of hydrogen-bond acceptors (Lipinski definition) is 3. The van der Waals surface area contributed by atoms with Crippen molar-refractivity contribution < 1.29 is 0 Å². The summed E-state index contributed by atoms with van der Waals surface area (Å²) in [5.41, 5.74) is 6.58. The summed E-state index contributed by atoms with van der Waals surface area (Å²) >= 11 is 0. The highest BCUT2D eigenvalue weighted by atomic mass is 15.3. The first kappa shape index (κ1) is 12.0. The van der Waals surface area contributed by atoms with E-state index in [4.69, 9.17) is 5.73 Å². The van der Waals surface area contributed by atoms with E-state index in [1.165, 1.54) is 0 Å².